The summed E-state index contributed by atoms with van der Waals surface area (Å²) in [7, 11) is 1.63. The van der Waals surface area contributed by atoms with Crippen molar-refractivity contribution in [2.24, 2.45) is 0 Å². The van der Waals surface area contributed by atoms with Crippen LogP contribution in [0.2, 0.25) is 0 Å². The van der Waals surface area contributed by atoms with E-state index in [1.165, 1.54) is 30.2 Å². The summed E-state index contributed by atoms with van der Waals surface area (Å²) in [4.78, 5) is 12.8. The average Bonchev–Trinajstić information content (AvgIpc) is 3.31. The Labute approximate surface area is 210 Å². The summed E-state index contributed by atoms with van der Waals surface area (Å²) in [5.41, 5.74) is 2.38. The Balaban J connectivity index is 1.42. The SMILES string of the molecule is COc1ccc(OCc2nnc(SC(C)C(=O)NCCC3=CCCCC3)n2-c2ccccc2)cc1. The number of thioether (sulfide) groups is 1. The molecule has 2 aromatic carbocycles. The van der Waals surface area contributed by atoms with E-state index >= 15 is 0 Å². The highest BCUT2D eigenvalue weighted by Crippen LogP contribution is 2.27. The van der Waals surface area contributed by atoms with Crippen LogP contribution in [0.15, 0.2) is 71.4 Å². The molecule has 1 amide bonds. The molecule has 7 nitrogen and oxygen atoms in total. The van der Waals surface area contributed by atoms with E-state index in [1.807, 2.05) is 66.1 Å². The van der Waals surface area contributed by atoms with Gasteiger partial charge in [-0.2, -0.15) is 0 Å². The average molecular weight is 493 g/mol. The van der Waals surface area contributed by atoms with E-state index in [0.717, 1.165) is 30.7 Å². The Bertz CT molecular complexity index is 1130. The first kappa shape index (κ1) is 24.9. The number of allylic oxidation sites excluding steroid dienone is 1. The van der Waals surface area contributed by atoms with Gasteiger partial charge in [0.2, 0.25) is 5.91 Å². The number of amides is 1. The maximum absolute atomic E-state index is 12.8. The summed E-state index contributed by atoms with van der Waals surface area (Å²) < 4.78 is 13.1. The van der Waals surface area contributed by atoms with Crippen molar-refractivity contribution in [3.63, 3.8) is 0 Å². The van der Waals surface area contributed by atoms with Gasteiger partial charge in [0, 0.05) is 12.2 Å². The number of ether oxygens (including phenoxy) is 2. The predicted molar refractivity (Wildman–Crippen MR) is 138 cm³/mol. The van der Waals surface area contributed by atoms with E-state index in [0.29, 0.717) is 23.3 Å². The van der Waals surface area contributed by atoms with Crippen LogP contribution in [0.1, 0.15) is 44.9 Å². The van der Waals surface area contributed by atoms with Crippen LogP contribution in [0.4, 0.5) is 0 Å². The number of nitrogens with zero attached hydrogens (tertiary/aromatic N) is 3. The zero-order valence-electron chi connectivity index (χ0n) is 20.3. The largest absolute Gasteiger partial charge is 0.497 e. The number of para-hydroxylation sites is 1. The molecule has 1 N–H and O–H groups in total. The lowest BCUT2D eigenvalue weighted by molar-refractivity contribution is -0.120. The Morgan fingerprint density at radius 2 is 1.86 bits per heavy atom. The molecule has 1 unspecified atom stereocenters. The van der Waals surface area contributed by atoms with Crippen LogP contribution >= 0.6 is 11.8 Å². The van der Waals surface area contributed by atoms with E-state index in [1.54, 1.807) is 7.11 Å². The summed E-state index contributed by atoms with van der Waals surface area (Å²) in [5.74, 6) is 2.14. The molecule has 0 radical (unpaired) electrons. The van der Waals surface area contributed by atoms with Crippen LogP contribution in [0, 0.1) is 0 Å². The topological polar surface area (TPSA) is 78.3 Å². The standard InChI is InChI=1S/C27H32N4O3S/c1-20(26(32)28-18-17-21-9-5-3-6-10-21)35-27-30-29-25(31(27)22-11-7-4-8-12-22)19-34-24-15-13-23(33-2)14-16-24/h4,7-9,11-16,20H,3,5-6,10,17-19H2,1-2H3,(H,28,32). The number of hydrogen-bond acceptors (Lipinski definition) is 6. The zero-order chi connectivity index (χ0) is 24.5. The minimum absolute atomic E-state index is 0.00468. The van der Waals surface area contributed by atoms with E-state index in [-0.39, 0.29) is 17.8 Å². The molecule has 35 heavy (non-hydrogen) atoms. The summed E-state index contributed by atoms with van der Waals surface area (Å²) in [6.45, 7) is 2.81. The Kier molecular flexibility index (Phi) is 8.84. The molecule has 1 aromatic heterocycles. The number of aromatic nitrogens is 3. The molecule has 0 fully saturated rings. The Morgan fingerprint density at radius 3 is 2.57 bits per heavy atom. The molecule has 1 aliphatic carbocycles. The fraction of sp³-hybridized carbons (Fsp3) is 0.370. The van der Waals surface area contributed by atoms with Crippen molar-refractivity contribution in [1.82, 2.24) is 20.1 Å². The summed E-state index contributed by atoms with van der Waals surface area (Å²) in [5, 5.41) is 12.2. The van der Waals surface area contributed by atoms with Crippen molar-refractivity contribution in [3.8, 4) is 17.2 Å². The highest BCUT2D eigenvalue weighted by molar-refractivity contribution is 8.00. The quantitative estimate of drug-likeness (QED) is 0.287. The number of carbonyl (C=O) groups is 1. The third-order valence-electron chi connectivity index (χ3n) is 5.92. The minimum Gasteiger partial charge on any atom is -0.497 e. The van der Waals surface area contributed by atoms with Gasteiger partial charge in [0.05, 0.1) is 12.4 Å². The minimum atomic E-state index is -0.308. The van der Waals surface area contributed by atoms with Gasteiger partial charge in [-0.3, -0.25) is 9.36 Å². The number of nitrogens with one attached hydrogen (secondary N) is 1. The van der Waals surface area contributed by atoms with Crippen LogP contribution < -0.4 is 14.8 Å². The second-order valence-electron chi connectivity index (χ2n) is 8.44. The van der Waals surface area contributed by atoms with Gasteiger partial charge < -0.3 is 14.8 Å². The summed E-state index contributed by atoms with van der Waals surface area (Å²) in [6.07, 6.45) is 8.10. The van der Waals surface area contributed by atoms with Crippen LogP contribution in [-0.4, -0.2) is 39.6 Å². The molecule has 1 aliphatic rings. The molecule has 184 valence electrons. The van der Waals surface area contributed by atoms with Gasteiger partial charge in [-0.25, -0.2) is 0 Å². The number of carbonyl (C=O) groups excluding carboxylic acids is 1. The third kappa shape index (κ3) is 6.88. The molecule has 0 spiro atoms. The molecule has 8 heteroatoms. The maximum atomic E-state index is 12.8. The first-order chi connectivity index (χ1) is 17.1. The summed E-state index contributed by atoms with van der Waals surface area (Å²) >= 11 is 1.40. The first-order valence-corrected chi connectivity index (χ1v) is 12.9. The molecule has 3 aromatic rings. The van der Waals surface area contributed by atoms with Crippen molar-refractivity contribution >= 4 is 17.7 Å². The fourth-order valence-electron chi connectivity index (χ4n) is 3.96. The Morgan fingerprint density at radius 1 is 1.09 bits per heavy atom. The van der Waals surface area contributed by atoms with Gasteiger partial charge in [-0.15, -0.1) is 10.2 Å². The zero-order valence-corrected chi connectivity index (χ0v) is 21.1. The van der Waals surface area contributed by atoms with E-state index in [2.05, 4.69) is 21.6 Å². The lowest BCUT2D eigenvalue weighted by Crippen LogP contribution is -2.32. The second kappa shape index (κ2) is 12.4. The van der Waals surface area contributed by atoms with E-state index < -0.39 is 0 Å². The fourth-order valence-corrected chi connectivity index (χ4v) is 4.87. The molecule has 1 heterocycles. The van der Waals surface area contributed by atoms with Gasteiger partial charge in [-0.1, -0.05) is 41.6 Å². The highest BCUT2D eigenvalue weighted by atomic mass is 32.2. The van der Waals surface area contributed by atoms with Gasteiger partial charge in [-0.05, 0) is 75.4 Å². The van der Waals surface area contributed by atoms with Crippen molar-refractivity contribution in [2.75, 3.05) is 13.7 Å². The summed E-state index contributed by atoms with van der Waals surface area (Å²) in [6, 6.07) is 17.3. The maximum Gasteiger partial charge on any atom is 0.233 e. The predicted octanol–water partition coefficient (Wildman–Crippen LogP) is 5.34. The van der Waals surface area contributed by atoms with E-state index in [4.69, 9.17) is 9.47 Å². The number of hydrogen-bond donors (Lipinski definition) is 1. The highest BCUT2D eigenvalue weighted by Gasteiger charge is 2.21. The molecular formula is C27H32N4O3S. The molecule has 0 saturated heterocycles. The molecule has 4 rings (SSSR count). The first-order valence-electron chi connectivity index (χ1n) is 12.0. The van der Waals surface area contributed by atoms with Gasteiger partial charge in [0.15, 0.2) is 11.0 Å². The van der Waals surface area contributed by atoms with Gasteiger partial charge in [0.1, 0.15) is 18.1 Å². The van der Waals surface area contributed by atoms with Crippen molar-refractivity contribution in [3.05, 3.63) is 72.1 Å². The van der Waals surface area contributed by atoms with Crippen molar-refractivity contribution in [2.45, 2.75) is 56.0 Å². The monoisotopic (exact) mass is 492 g/mol. The number of methoxy groups -OCH3 is 1. The molecule has 0 aliphatic heterocycles. The van der Waals surface area contributed by atoms with Crippen LogP contribution in [0.25, 0.3) is 5.69 Å². The lowest BCUT2D eigenvalue weighted by Gasteiger charge is -2.15. The smallest absolute Gasteiger partial charge is 0.233 e. The second-order valence-corrected chi connectivity index (χ2v) is 9.75. The van der Waals surface area contributed by atoms with Gasteiger partial charge in [0.25, 0.3) is 0 Å². The van der Waals surface area contributed by atoms with Crippen molar-refractivity contribution in [1.29, 1.82) is 0 Å². The van der Waals surface area contributed by atoms with Gasteiger partial charge >= 0.3 is 0 Å². The van der Waals surface area contributed by atoms with Crippen LogP contribution in [0.3, 0.4) is 0 Å². The molecule has 0 bridgehead atoms. The molecule has 1 atom stereocenters. The Hall–Kier alpha value is -3.26. The van der Waals surface area contributed by atoms with Crippen LogP contribution in [-0.2, 0) is 11.4 Å². The lowest BCUT2D eigenvalue weighted by atomic mass is 9.97. The normalized spacial score (nSPS) is 14.2. The third-order valence-corrected chi connectivity index (χ3v) is 6.97. The van der Waals surface area contributed by atoms with Crippen LogP contribution in [0.5, 0.6) is 11.5 Å². The number of benzene rings is 2. The molecular weight excluding hydrogens is 460 g/mol. The van der Waals surface area contributed by atoms with Crippen molar-refractivity contribution < 1.29 is 14.3 Å². The molecule has 0 saturated carbocycles. The van der Waals surface area contributed by atoms with E-state index in [9.17, 15) is 4.79 Å². The number of rotatable bonds is 11.